The molecule has 0 unspecified atom stereocenters. The van der Waals surface area contributed by atoms with Gasteiger partial charge in [0, 0.05) is 6.42 Å². The van der Waals surface area contributed by atoms with E-state index in [1.807, 2.05) is 0 Å². The first-order chi connectivity index (χ1) is 7.19. The molecule has 5 heteroatoms. The van der Waals surface area contributed by atoms with Crippen molar-refractivity contribution in [2.24, 2.45) is 0 Å². The van der Waals surface area contributed by atoms with Crippen LogP contribution in [-0.2, 0) is 6.61 Å². The highest BCUT2D eigenvalue weighted by atomic mass is 19.1. The fourth-order valence-corrected chi connectivity index (χ4v) is 1.07. The number of alkyl halides is 1. The van der Waals surface area contributed by atoms with Crippen LogP contribution in [0.5, 0.6) is 5.75 Å². The van der Waals surface area contributed by atoms with E-state index in [0.29, 0.717) is 0 Å². The highest BCUT2D eigenvalue weighted by Gasteiger charge is 2.12. The molecular weight excluding hydrogens is 209 g/mol. The Kier molecular flexibility index (Phi) is 4.42. The van der Waals surface area contributed by atoms with Gasteiger partial charge in [-0.05, 0) is 17.7 Å². The van der Waals surface area contributed by atoms with E-state index in [9.17, 15) is 13.2 Å². The van der Waals surface area contributed by atoms with E-state index >= 15 is 0 Å². The van der Waals surface area contributed by atoms with Crippen molar-refractivity contribution in [1.29, 1.82) is 0 Å². The average Bonchev–Trinajstić information content (AvgIpc) is 2.22. The number of halogens is 3. The molecule has 0 aliphatic carbocycles. The molecule has 1 rings (SSSR count). The van der Waals surface area contributed by atoms with Gasteiger partial charge in [-0.3, -0.25) is 4.39 Å². The van der Waals surface area contributed by atoms with Crippen LogP contribution in [0, 0.1) is 11.6 Å². The van der Waals surface area contributed by atoms with E-state index in [1.165, 1.54) is 0 Å². The fraction of sp³-hybridized carbons (Fsp3) is 0.400. The van der Waals surface area contributed by atoms with Crippen LogP contribution in [-0.4, -0.2) is 18.4 Å². The molecule has 2 nitrogen and oxygen atoms in total. The second-order valence-corrected chi connectivity index (χ2v) is 2.94. The summed E-state index contributed by atoms with van der Waals surface area (Å²) in [7, 11) is 0. The van der Waals surface area contributed by atoms with E-state index in [4.69, 9.17) is 9.84 Å². The van der Waals surface area contributed by atoms with Crippen molar-refractivity contribution in [2.45, 2.75) is 13.0 Å². The molecule has 0 bridgehead atoms. The first kappa shape index (κ1) is 11.8. The number of aliphatic hydroxyl groups excluding tert-OH is 1. The number of rotatable bonds is 5. The molecular formula is C10H11F3O2. The third-order valence-electron chi connectivity index (χ3n) is 1.77. The molecule has 15 heavy (non-hydrogen) atoms. The highest BCUT2D eigenvalue weighted by Crippen LogP contribution is 2.23. The number of hydrogen-bond donors (Lipinski definition) is 1. The fourth-order valence-electron chi connectivity index (χ4n) is 1.07. The third kappa shape index (κ3) is 3.13. The summed E-state index contributed by atoms with van der Waals surface area (Å²) in [4.78, 5) is 0. The van der Waals surface area contributed by atoms with Crippen LogP contribution in [0.4, 0.5) is 13.2 Å². The summed E-state index contributed by atoms with van der Waals surface area (Å²) in [5.74, 6) is -2.31. The molecule has 0 aliphatic heterocycles. The van der Waals surface area contributed by atoms with E-state index in [2.05, 4.69) is 0 Å². The Morgan fingerprint density at radius 3 is 2.27 bits per heavy atom. The predicted molar refractivity (Wildman–Crippen MR) is 48.4 cm³/mol. The summed E-state index contributed by atoms with van der Waals surface area (Å²) in [6, 6.07) is 1.96. The smallest absolute Gasteiger partial charge is 0.190 e. The monoisotopic (exact) mass is 220 g/mol. The molecule has 1 N–H and O–H groups in total. The molecule has 0 fully saturated rings. The van der Waals surface area contributed by atoms with Gasteiger partial charge in [0.25, 0.3) is 0 Å². The largest absolute Gasteiger partial charge is 0.488 e. The van der Waals surface area contributed by atoms with E-state index in [-0.39, 0.29) is 18.6 Å². The van der Waals surface area contributed by atoms with E-state index in [1.54, 1.807) is 0 Å². The van der Waals surface area contributed by atoms with Crippen molar-refractivity contribution in [2.75, 3.05) is 13.3 Å². The molecule has 84 valence electrons. The zero-order valence-corrected chi connectivity index (χ0v) is 7.97. The summed E-state index contributed by atoms with van der Waals surface area (Å²) in [6.07, 6.45) is 0.0840. The van der Waals surface area contributed by atoms with Crippen LogP contribution in [0.15, 0.2) is 12.1 Å². The molecule has 0 aromatic heterocycles. The standard InChI is InChI=1S/C10H11F3O2/c11-2-1-3-15-10-8(12)4-7(6-14)5-9(10)13/h4-5,14H,1-3,6H2. The van der Waals surface area contributed by atoms with Gasteiger partial charge in [0.15, 0.2) is 17.4 Å². The quantitative estimate of drug-likeness (QED) is 0.771. The average molecular weight is 220 g/mol. The topological polar surface area (TPSA) is 29.5 Å². The second kappa shape index (κ2) is 5.60. The Hall–Kier alpha value is -1.23. The Balaban J connectivity index is 2.79. The molecule has 0 amide bonds. The van der Waals surface area contributed by atoms with Gasteiger partial charge in [-0.1, -0.05) is 0 Å². The molecule has 0 saturated heterocycles. The Morgan fingerprint density at radius 1 is 1.20 bits per heavy atom. The maximum atomic E-state index is 13.2. The van der Waals surface area contributed by atoms with Gasteiger partial charge >= 0.3 is 0 Å². The Bertz CT molecular complexity index is 305. The van der Waals surface area contributed by atoms with Crippen molar-refractivity contribution in [1.82, 2.24) is 0 Å². The first-order valence-electron chi connectivity index (χ1n) is 4.46. The minimum Gasteiger partial charge on any atom is -0.488 e. The summed E-state index contributed by atoms with van der Waals surface area (Å²) in [5, 5.41) is 8.67. The SMILES string of the molecule is OCc1cc(F)c(OCCCF)c(F)c1. The summed E-state index contributed by atoms with van der Waals surface area (Å²) >= 11 is 0. The second-order valence-electron chi connectivity index (χ2n) is 2.94. The van der Waals surface area contributed by atoms with Crippen molar-refractivity contribution in [3.05, 3.63) is 29.3 Å². The number of aliphatic hydroxyl groups is 1. The molecule has 0 heterocycles. The number of ether oxygens (including phenoxy) is 1. The van der Waals surface area contributed by atoms with Crippen LogP contribution in [0.1, 0.15) is 12.0 Å². The van der Waals surface area contributed by atoms with Crippen molar-refractivity contribution in [3.8, 4) is 5.75 Å². The number of benzene rings is 1. The maximum absolute atomic E-state index is 13.2. The van der Waals surface area contributed by atoms with Gasteiger partial charge in [0.2, 0.25) is 0 Å². The first-order valence-corrected chi connectivity index (χ1v) is 4.46. The van der Waals surface area contributed by atoms with Gasteiger partial charge < -0.3 is 9.84 Å². The van der Waals surface area contributed by atoms with Gasteiger partial charge in [-0.25, -0.2) is 8.78 Å². The zero-order chi connectivity index (χ0) is 11.3. The zero-order valence-electron chi connectivity index (χ0n) is 7.97. The molecule has 0 atom stereocenters. The lowest BCUT2D eigenvalue weighted by Gasteiger charge is -2.08. The van der Waals surface area contributed by atoms with Crippen molar-refractivity contribution in [3.63, 3.8) is 0 Å². The number of hydrogen-bond acceptors (Lipinski definition) is 2. The molecule has 0 saturated carbocycles. The van der Waals surface area contributed by atoms with Crippen LogP contribution in [0.25, 0.3) is 0 Å². The summed E-state index contributed by atoms with van der Waals surface area (Å²) in [6.45, 7) is -1.13. The van der Waals surface area contributed by atoms with Crippen molar-refractivity contribution >= 4 is 0 Å². The Labute approximate surface area is 85.3 Å². The normalized spacial score (nSPS) is 10.4. The molecule has 1 aromatic rings. The molecule has 0 aliphatic rings. The van der Waals surface area contributed by atoms with E-state index in [0.717, 1.165) is 12.1 Å². The summed E-state index contributed by atoms with van der Waals surface area (Å²) < 4.78 is 42.8. The van der Waals surface area contributed by atoms with Gasteiger partial charge in [-0.2, -0.15) is 0 Å². The van der Waals surface area contributed by atoms with Crippen LogP contribution in [0.2, 0.25) is 0 Å². The van der Waals surface area contributed by atoms with Gasteiger partial charge in [-0.15, -0.1) is 0 Å². The lowest BCUT2D eigenvalue weighted by atomic mass is 10.2. The predicted octanol–water partition coefficient (Wildman–Crippen LogP) is 2.20. The van der Waals surface area contributed by atoms with Gasteiger partial charge in [0.05, 0.1) is 19.9 Å². The van der Waals surface area contributed by atoms with E-state index < -0.39 is 30.7 Å². The van der Waals surface area contributed by atoms with Crippen molar-refractivity contribution < 1.29 is 23.0 Å². The minimum absolute atomic E-state index is 0.0805. The lowest BCUT2D eigenvalue weighted by Crippen LogP contribution is -2.03. The van der Waals surface area contributed by atoms with Crippen LogP contribution >= 0.6 is 0 Å². The molecule has 1 aromatic carbocycles. The maximum Gasteiger partial charge on any atom is 0.190 e. The highest BCUT2D eigenvalue weighted by molar-refractivity contribution is 5.31. The minimum atomic E-state index is -0.891. The van der Waals surface area contributed by atoms with Gasteiger partial charge in [0.1, 0.15) is 0 Å². The third-order valence-corrected chi connectivity index (χ3v) is 1.77. The van der Waals surface area contributed by atoms with Crippen LogP contribution in [0.3, 0.4) is 0 Å². The van der Waals surface area contributed by atoms with Crippen LogP contribution < -0.4 is 4.74 Å². The molecule has 0 spiro atoms. The summed E-state index contributed by atoms with van der Waals surface area (Å²) in [5.41, 5.74) is 0.128. The molecule has 0 radical (unpaired) electrons. The Morgan fingerprint density at radius 2 is 1.80 bits per heavy atom. The lowest BCUT2D eigenvalue weighted by molar-refractivity contribution is 0.260.